The summed E-state index contributed by atoms with van der Waals surface area (Å²) in [7, 11) is 3.35. The van der Waals surface area contributed by atoms with Crippen LogP contribution in [-0.2, 0) is 4.79 Å². The van der Waals surface area contributed by atoms with E-state index < -0.39 is 12.0 Å². The zero-order valence-corrected chi connectivity index (χ0v) is 8.60. The zero-order chi connectivity index (χ0) is 9.84. The maximum atomic E-state index is 10.7. The summed E-state index contributed by atoms with van der Waals surface area (Å²) < 4.78 is 0. The normalized spacial score (nSPS) is 11.9. The maximum Gasteiger partial charge on any atom is 1.00 e. The van der Waals surface area contributed by atoms with Crippen molar-refractivity contribution in [3.8, 4) is 0 Å². The number of hydrogen-bond donors (Lipinski definition) is 0. The summed E-state index contributed by atoms with van der Waals surface area (Å²) in [5.41, 5.74) is 0.493. The van der Waals surface area contributed by atoms with Crippen molar-refractivity contribution in [1.82, 2.24) is 9.88 Å². The molecule has 1 aromatic rings. The summed E-state index contributed by atoms with van der Waals surface area (Å²) in [5.74, 6) is -1.14. The zero-order valence-electron chi connectivity index (χ0n) is 8.60. The first kappa shape index (κ1) is 13.2. The van der Waals surface area contributed by atoms with Gasteiger partial charge in [-0.05, 0) is 26.2 Å². The van der Waals surface area contributed by atoms with Gasteiger partial charge in [0.15, 0.2) is 0 Å². The molecule has 1 aromatic heterocycles. The molecule has 0 aliphatic heterocycles. The summed E-state index contributed by atoms with van der Waals surface area (Å²) in [6, 6.07) is 4.38. The monoisotopic (exact) mass is 186 g/mol. The van der Waals surface area contributed by atoms with Crippen molar-refractivity contribution in [1.29, 1.82) is 0 Å². The number of likely N-dealkylation sites (N-methyl/N-ethyl adjacent to an activating group) is 1. The van der Waals surface area contributed by atoms with Gasteiger partial charge in [0, 0.05) is 6.20 Å². The van der Waals surface area contributed by atoms with Gasteiger partial charge < -0.3 is 9.90 Å². The maximum absolute atomic E-state index is 10.7. The second-order valence-corrected chi connectivity index (χ2v) is 2.94. The van der Waals surface area contributed by atoms with E-state index in [0.29, 0.717) is 5.69 Å². The van der Waals surface area contributed by atoms with Gasteiger partial charge in [-0.25, -0.2) is 0 Å². The number of nitrogens with zero attached hydrogens (tertiary/aromatic N) is 2. The van der Waals surface area contributed by atoms with Crippen molar-refractivity contribution in [2.75, 3.05) is 14.1 Å². The van der Waals surface area contributed by atoms with Gasteiger partial charge in [0.2, 0.25) is 0 Å². The second kappa shape index (κ2) is 5.81. The Kier molecular flexibility index (Phi) is 5.47. The molecular weight excluding hydrogens is 175 g/mol. The predicted octanol–water partition coefficient (Wildman–Crippen LogP) is -3.56. The average Bonchev–Trinajstić information content (AvgIpc) is 2.04. The van der Waals surface area contributed by atoms with Crippen molar-refractivity contribution < 1.29 is 28.8 Å². The van der Waals surface area contributed by atoms with E-state index in [1.807, 2.05) is 0 Å². The number of hydrogen-bond acceptors (Lipinski definition) is 4. The molecule has 14 heavy (non-hydrogen) atoms. The number of pyridine rings is 1. The van der Waals surface area contributed by atoms with Crippen LogP contribution >= 0.6 is 0 Å². The van der Waals surface area contributed by atoms with Gasteiger partial charge in [0.1, 0.15) is 0 Å². The molecule has 0 spiro atoms. The van der Waals surface area contributed by atoms with Crippen LogP contribution in [0.5, 0.6) is 0 Å². The SMILES string of the molecule is CN(C)C(C(=O)[O-])c1ccccn1.[Li+]. The van der Waals surface area contributed by atoms with E-state index >= 15 is 0 Å². The fourth-order valence-electron chi connectivity index (χ4n) is 1.13. The summed E-state index contributed by atoms with van der Waals surface area (Å²) in [4.78, 5) is 16.3. The number of aromatic nitrogens is 1. The Labute approximate surface area is 95.1 Å². The third-order valence-corrected chi connectivity index (χ3v) is 1.71. The minimum atomic E-state index is -1.14. The molecule has 1 unspecified atom stereocenters. The van der Waals surface area contributed by atoms with Crippen molar-refractivity contribution in [2.45, 2.75) is 6.04 Å². The number of carboxylic acid groups (broad SMARTS) is 1. The molecule has 0 radical (unpaired) electrons. The van der Waals surface area contributed by atoms with Crippen LogP contribution in [0.3, 0.4) is 0 Å². The van der Waals surface area contributed by atoms with Crippen molar-refractivity contribution >= 4 is 5.97 Å². The van der Waals surface area contributed by atoms with Crippen LogP contribution in [0.1, 0.15) is 11.7 Å². The van der Waals surface area contributed by atoms with Crippen LogP contribution in [0.25, 0.3) is 0 Å². The van der Waals surface area contributed by atoms with Crippen LogP contribution in [0.15, 0.2) is 24.4 Å². The molecule has 70 valence electrons. The molecule has 0 amide bonds. The fourth-order valence-corrected chi connectivity index (χ4v) is 1.13. The van der Waals surface area contributed by atoms with Gasteiger partial charge in [0.25, 0.3) is 0 Å². The number of carbonyl (C=O) groups is 1. The Bertz CT molecular complexity index is 290. The van der Waals surface area contributed by atoms with E-state index in [1.54, 1.807) is 43.4 Å². The molecule has 0 saturated carbocycles. The van der Waals surface area contributed by atoms with Gasteiger partial charge >= 0.3 is 18.9 Å². The van der Waals surface area contributed by atoms with E-state index in [0.717, 1.165) is 0 Å². The second-order valence-electron chi connectivity index (χ2n) is 2.94. The summed E-state index contributed by atoms with van der Waals surface area (Å²) >= 11 is 0. The van der Waals surface area contributed by atoms with Crippen LogP contribution in [0.4, 0.5) is 0 Å². The van der Waals surface area contributed by atoms with Crippen molar-refractivity contribution in [3.05, 3.63) is 30.1 Å². The van der Waals surface area contributed by atoms with Gasteiger partial charge in [-0.15, -0.1) is 0 Å². The van der Waals surface area contributed by atoms with E-state index in [1.165, 1.54) is 0 Å². The third-order valence-electron chi connectivity index (χ3n) is 1.71. The minimum Gasteiger partial charge on any atom is -0.548 e. The molecule has 1 heterocycles. The van der Waals surface area contributed by atoms with Gasteiger partial charge in [-0.1, -0.05) is 6.07 Å². The van der Waals surface area contributed by atoms with Gasteiger partial charge in [-0.2, -0.15) is 0 Å². The molecule has 1 atom stereocenters. The molecule has 0 bridgehead atoms. The quantitative estimate of drug-likeness (QED) is 0.458. The number of aliphatic carboxylic acids is 1. The Hall–Kier alpha value is -0.823. The van der Waals surface area contributed by atoms with E-state index in [-0.39, 0.29) is 18.9 Å². The van der Waals surface area contributed by atoms with Gasteiger partial charge in [-0.3, -0.25) is 9.88 Å². The Morgan fingerprint density at radius 2 is 2.14 bits per heavy atom. The first-order chi connectivity index (χ1) is 6.13. The molecule has 5 heteroatoms. The molecule has 0 N–H and O–H groups in total. The van der Waals surface area contributed by atoms with E-state index in [9.17, 15) is 9.90 Å². The predicted molar refractivity (Wildman–Crippen MR) is 45.7 cm³/mol. The molecule has 0 saturated heterocycles. The topological polar surface area (TPSA) is 56.3 Å². The molecule has 0 aliphatic carbocycles. The standard InChI is InChI=1S/C9H12N2O2.Li/c1-11(2)8(9(12)13)7-5-3-4-6-10-7;/h3-6,8H,1-2H3,(H,12,13);/q;+1/p-1. The van der Waals surface area contributed by atoms with Crippen LogP contribution in [0, 0.1) is 0 Å². The molecule has 0 aromatic carbocycles. The molecule has 0 fully saturated rings. The summed E-state index contributed by atoms with van der Waals surface area (Å²) in [6.45, 7) is 0. The van der Waals surface area contributed by atoms with Crippen LogP contribution < -0.4 is 24.0 Å². The van der Waals surface area contributed by atoms with Crippen molar-refractivity contribution in [2.24, 2.45) is 0 Å². The van der Waals surface area contributed by atoms with Gasteiger partial charge in [0.05, 0.1) is 17.7 Å². The smallest absolute Gasteiger partial charge is 0.548 e. The van der Waals surface area contributed by atoms with Crippen molar-refractivity contribution in [3.63, 3.8) is 0 Å². The first-order valence-electron chi connectivity index (χ1n) is 3.91. The molecule has 4 nitrogen and oxygen atoms in total. The average molecular weight is 186 g/mol. The number of rotatable bonds is 3. The summed E-state index contributed by atoms with van der Waals surface area (Å²) in [6.07, 6.45) is 1.56. The Morgan fingerprint density at radius 1 is 1.50 bits per heavy atom. The molecule has 0 aliphatic rings. The van der Waals surface area contributed by atoms with Crippen LogP contribution in [0.2, 0.25) is 0 Å². The van der Waals surface area contributed by atoms with Crippen LogP contribution in [-0.4, -0.2) is 29.9 Å². The number of carbonyl (C=O) groups excluding carboxylic acids is 1. The fraction of sp³-hybridized carbons (Fsp3) is 0.333. The molecular formula is C9H11LiN2O2. The summed E-state index contributed by atoms with van der Waals surface area (Å²) in [5, 5.41) is 10.7. The van der Waals surface area contributed by atoms with E-state index in [4.69, 9.17) is 0 Å². The third kappa shape index (κ3) is 3.15. The van der Waals surface area contributed by atoms with E-state index in [2.05, 4.69) is 4.98 Å². The molecule has 1 rings (SSSR count). The first-order valence-corrected chi connectivity index (χ1v) is 3.91. The number of carboxylic acids is 1. The minimum absolute atomic E-state index is 0. The Morgan fingerprint density at radius 3 is 2.50 bits per heavy atom. The Balaban J connectivity index is 0.00000169. The largest absolute Gasteiger partial charge is 1.00 e.